The van der Waals surface area contributed by atoms with Crippen LogP contribution in [0, 0.1) is 0 Å². The second kappa shape index (κ2) is 10.9. The number of anilines is 2. The molecule has 0 unspecified atom stereocenters. The number of nitrogens with one attached hydrogen (secondary N) is 3. The van der Waals surface area contributed by atoms with Gasteiger partial charge in [-0.3, -0.25) is 14.2 Å². The van der Waals surface area contributed by atoms with E-state index in [0.717, 1.165) is 35.9 Å². The molecule has 3 N–H and O–H groups in total. The normalized spacial score (nSPS) is 12.4. The quantitative estimate of drug-likeness (QED) is 0.311. The van der Waals surface area contributed by atoms with E-state index in [2.05, 4.69) is 20.9 Å². The molecule has 1 aliphatic heterocycles. The minimum absolute atomic E-state index is 0.00656. The lowest BCUT2D eigenvalue weighted by molar-refractivity contribution is -0.115. The Morgan fingerprint density at radius 3 is 2.51 bits per heavy atom. The summed E-state index contributed by atoms with van der Waals surface area (Å²) in [4.78, 5) is 42.1. The van der Waals surface area contributed by atoms with E-state index in [0.29, 0.717) is 23.6 Å². The van der Waals surface area contributed by atoms with Crippen molar-refractivity contribution in [2.45, 2.75) is 25.8 Å². The molecule has 0 aliphatic carbocycles. The van der Waals surface area contributed by atoms with Crippen LogP contribution in [0.1, 0.15) is 29.0 Å². The van der Waals surface area contributed by atoms with Crippen molar-refractivity contribution in [3.8, 4) is 5.88 Å². The van der Waals surface area contributed by atoms with Gasteiger partial charge in [0.1, 0.15) is 12.4 Å². The molecule has 0 spiro atoms. The van der Waals surface area contributed by atoms with Gasteiger partial charge in [-0.05, 0) is 35.7 Å². The van der Waals surface area contributed by atoms with E-state index in [-0.39, 0.29) is 30.7 Å². The van der Waals surface area contributed by atoms with Crippen LogP contribution in [0.3, 0.4) is 0 Å². The predicted octanol–water partition coefficient (Wildman–Crippen LogP) is 4.39. The molecule has 188 valence electrons. The number of fused-ring (bicyclic) bond motifs is 2. The molecule has 1 aromatic heterocycles. The SMILES string of the molecule is O=C(CNC(=O)Oc1c(NCC(=O)c2ccccc2)nc2n1CCCC2)Nc1ccc2ccccc2c1. The van der Waals surface area contributed by atoms with Crippen molar-refractivity contribution >= 4 is 40.1 Å². The minimum Gasteiger partial charge on any atom is -0.389 e. The van der Waals surface area contributed by atoms with Gasteiger partial charge in [-0.25, -0.2) is 9.78 Å². The highest BCUT2D eigenvalue weighted by Gasteiger charge is 2.24. The lowest BCUT2D eigenvalue weighted by Crippen LogP contribution is -2.35. The number of aryl methyl sites for hydroxylation is 1. The van der Waals surface area contributed by atoms with Crippen molar-refractivity contribution in [1.82, 2.24) is 14.9 Å². The molecule has 4 aromatic rings. The van der Waals surface area contributed by atoms with Crippen molar-refractivity contribution < 1.29 is 19.1 Å². The molecule has 0 saturated carbocycles. The van der Waals surface area contributed by atoms with Gasteiger partial charge in [-0.15, -0.1) is 0 Å². The Balaban J connectivity index is 1.20. The highest BCUT2D eigenvalue weighted by atomic mass is 16.6. The molecule has 2 amide bonds. The molecule has 5 rings (SSSR count). The molecule has 9 nitrogen and oxygen atoms in total. The summed E-state index contributed by atoms with van der Waals surface area (Å²) < 4.78 is 7.42. The largest absolute Gasteiger partial charge is 0.414 e. The standard InChI is InChI=1S/C28H27N5O4/c34-23(20-9-2-1-3-10-20)17-29-26-27(33-15-7-6-12-24(33)32-26)37-28(36)30-18-25(35)31-22-14-13-19-8-4-5-11-21(19)16-22/h1-5,8-11,13-14,16,29H,6-7,12,15,17-18H2,(H,30,36)(H,31,35). The fourth-order valence-electron chi connectivity index (χ4n) is 4.31. The maximum absolute atomic E-state index is 12.6. The highest BCUT2D eigenvalue weighted by molar-refractivity contribution is 5.99. The molecule has 0 saturated heterocycles. The number of ether oxygens (including phenoxy) is 1. The number of imidazole rings is 1. The Labute approximate surface area is 213 Å². The third-order valence-electron chi connectivity index (χ3n) is 6.16. The number of carbonyl (C=O) groups is 3. The Morgan fingerprint density at radius 1 is 0.892 bits per heavy atom. The molecule has 37 heavy (non-hydrogen) atoms. The van der Waals surface area contributed by atoms with Crippen LogP contribution in [0.15, 0.2) is 72.8 Å². The molecule has 9 heteroatoms. The van der Waals surface area contributed by atoms with E-state index in [1.165, 1.54) is 0 Å². The monoisotopic (exact) mass is 497 g/mol. The number of hydrogen-bond donors (Lipinski definition) is 3. The first-order chi connectivity index (χ1) is 18.1. The van der Waals surface area contributed by atoms with E-state index in [4.69, 9.17) is 4.74 Å². The van der Waals surface area contributed by atoms with Crippen molar-refractivity contribution in [1.29, 1.82) is 0 Å². The van der Waals surface area contributed by atoms with Crippen molar-refractivity contribution in [2.75, 3.05) is 23.7 Å². The topological polar surface area (TPSA) is 114 Å². The molecule has 0 bridgehead atoms. The summed E-state index contributed by atoms with van der Waals surface area (Å²) >= 11 is 0. The van der Waals surface area contributed by atoms with E-state index in [1.54, 1.807) is 24.3 Å². The molecule has 0 radical (unpaired) electrons. The summed E-state index contributed by atoms with van der Waals surface area (Å²) in [5.74, 6) is 0.874. The van der Waals surface area contributed by atoms with E-state index >= 15 is 0 Å². The number of hydrogen-bond acceptors (Lipinski definition) is 6. The van der Waals surface area contributed by atoms with Crippen LogP contribution in [0.25, 0.3) is 10.8 Å². The molecule has 1 aliphatic rings. The zero-order valence-electron chi connectivity index (χ0n) is 20.2. The molecular formula is C28H27N5O4. The highest BCUT2D eigenvalue weighted by Crippen LogP contribution is 2.30. The molecule has 2 heterocycles. The van der Waals surface area contributed by atoms with Gasteiger partial charge >= 0.3 is 6.09 Å². The van der Waals surface area contributed by atoms with E-state index in [9.17, 15) is 14.4 Å². The minimum atomic E-state index is -0.778. The predicted molar refractivity (Wildman–Crippen MR) is 141 cm³/mol. The fourth-order valence-corrected chi connectivity index (χ4v) is 4.31. The van der Waals surface area contributed by atoms with Crippen LogP contribution < -0.4 is 20.7 Å². The maximum Gasteiger partial charge on any atom is 0.414 e. The first kappa shape index (κ1) is 24.1. The second-order valence-electron chi connectivity index (χ2n) is 8.79. The average molecular weight is 498 g/mol. The van der Waals surface area contributed by atoms with Gasteiger partial charge in [0.15, 0.2) is 11.6 Å². The molecule has 0 atom stereocenters. The van der Waals surface area contributed by atoms with Crippen LogP contribution in [0.4, 0.5) is 16.3 Å². The number of ketones is 1. The van der Waals surface area contributed by atoms with Gasteiger partial charge in [0.25, 0.3) is 0 Å². The Bertz CT molecular complexity index is 1450. The lowest BCUT2D eigenvalue weighted by Gasteiger charge is -2.16. The number of amides is 2. The van der Waals surface area contributed by atoms with Gasteiger partial charge in [0.2, 0.25) is 11.8 Å². The first-order valence-electron chi connectivity index (χ1n) is 12.2. The summed E-state index contributed by atoms with van der Waals surface area (Å²) in [6.07, 6.45) is 1.89. The number of aromatic nitrogens is 2. The Morgan fingerprint density at radius 2 is 1.68 bits per heavy atom. The van der Waals surface area contributed by atoms with Gasteiger partial charge < -0.3 is 20.7 Å². The zero-order valence-corrected chi connectivity index (χ0v) is 20.2. The second-order valence-corrected chi connectivity index (χ2v) is 8.79. The van der Waals surface area contributed by atoms with Crippen LogP contribution in [-0.4, -0.2) is 40.4 Å². The Hall–Kier alpha value is -4.66. The third kappa shape index (κ3) is 5.78. The average Bonchev–Trinajstić information content (AvgIpc) is 3.28. The maximum atomic E-state index is 12.6. The zero-order chi connectivity index (χ0) is 25.6. The number of nitrogens with zero attached hydrogens (tertiary/aromatic N) is 2. The lowest BCUT2D eigenvalue weighted by atomic mass is 10.1. The van der Waals surface area contributed by atoms with E-state index < -0.39 is 6.09 Å². The van der Waals surface area contributed by atoms with Crippen LogP contribution in [-0.2, 0) is 17.8 Å². The smallest absolute Gasteiger partial charge is 0.389 e. The van der Waals surface area contributed by atoms with E-state index in [1.807, 2.05) is 53.1 Å². The fraction of sp³-hybridized carbons (Fsp3) is 0.214. The van der Waals surface area contributed by atoms with Gasteiger partial charge in [0, 0.05) is 24.2 Å². The van der Waals surface area contributed by atoms with Crippen LogP contribution in [0.5, 0.6) is 5.88 Å². The van der Waals surface area contributed by atoms with Crippen molar-refractivity contribution in [2.24, 2.45) is 0 Å². The summed E-state index contributed by atoms with van der Waals surface area (Å²) in [5, 5.41) is 10.4. The summed E-state index contributed by atoms with van der Waals surface area (Å²) in [6, 6.07) is 22.4. The van der Waals surface area contributed by atoms with Crippen molar-refractivity contribution in [3.05, 3.63) is 84.2 Å². The molecular weight excluding hydrogens is 470 g/mol. The summed E-state index contributed by atoms with van der Waals surface area (Å²) in [6.45, 7) is 0.399. The number of benzene rings is 3. The third-order valence-corrected chi connectivity index (χ3v) is 6.16. The summed E-state index contributed by atoms with van der Waals surface area (Å²) in [7, 11) is 0. The first-order valence-corrected chi connectivity index (χ1v) is 12.2. The van der Waals surface area contributed by atoms with Crippen molar-refractivity contribution in [3.63, 3.8) is 0 Å². The van der Waals surface area contributed by atoms with Gasteiger partial charge in [0.05, 0.1) is 6.54 Å². The molecule has 3 aromatic carbocycles. The van der Waals surface area contributed by atoms with Gasteiger partial charge in [-0.2, -0.15) is 0 Å². The number of Topliss-reactive ketones (excluding diaryl/α,β-unsaturated/α-hetero) is 1. The summed E-state index contributed by atoms with van der Waals surface area (Å²) in [5.41, 5.74) is 1.22. The van der Waals surface area contributed by atoms with Crippen LogP contribution >= 0.6 is 0 Å². The number of carbonyl (C=O) groups excluding carboxylic acids is 3. The van der Waals surface area contributed by atoms with Crippen LogP contribution in [0.2, 0.25) is 0 Å². The van der Waals surface area contributed by atoms with Gasteiger partial charge in [-0.1, -0.05) is 60.7 Å². The molecule has 0 fully saturated rings. The Kier molecular flexibility index (Phi) is 7.12. The number of rotatable bonds is 8.